The van der Waals surface area contributed by atoms with Gasteiger partial charge >= 0.3 is 0 Å². The quantitative estimate of drug-likeness (QED) is 0.223. The average Bonchev–Trinajstić information content (AvgIpc) is 3.40. The molecule has 3 unspecified atom stereocenters. The van der Waals surface area contributed by atoms with E-state index < -0.39 is 6.10 Å². The first-order chi connectivity index (χ1) is 21.3. The van der Waals surface area contributed by atoms with Crippen LogP contribution in [0.25, 0.3) is 0 Å². The molecule has 0 saturated heterocycles. The van der Waals surface area contributed by atoms with Crippen LogP contribution in [0.1, 0.15) is 44.4 Å². The molecule has 4 rings (SSSR count). The molecule has 3 aromatic carbocycles. The zero-order chi connectivity index (χ0) is 33.8. The second-order valence-corrected chi connectivity index (χ2v) is 11.8. The number of hydrogen-bond donors (Lipinski definition) is 4. The second-order valence-electron chi connectivity index (χ2n) is 10.5. The minimum Gasteiger partial charge on any atom is -0.476 e. The van der Waals surface area contributed by atoms with Crippen LogP contribution in [0.3, 0.4) is 0 Å². The van der Waals surface area contributed by atoms with E-state index in [1.807, 2.05) is 55.5 Å². The third kappa shape index (κ3) is 20.6. The maximum absolute atomic E-state index is 11.3. The number of ether oxygens (including phenoxy) is 1. The Morgan fingerprint density at radius 3 is 1.62 bits per heavy atom. The summed E-state index contributed by atoms with van der Waals surface area (Å²) in [6.07, 6.45) is 0.953. The van der Waals surface area contributed by atoms with Crippen LogP contribution in [0.15, 0.2) is 77.8 Å². The lowest BCUT2D eigenvalue weighted by Crippen LogP contribution is -2.31. The number of carbonyl (C=O) groups is 2. The molecule has 1 amide bonds. The zero-order valence-corrected chi connectivity index (χ0v) is 28.4. The molecular weight excluding hydrogens is 637 g/mol. The normalized spacial score (nSPS) is 14.4. The summed E-state index contributed by atoms with van der Waals surface area (Å²) in [6.45, 7) is 8.31. The third-order valence-corrected chi connectivity index (χ3v) is 6.47. The summed E-state index contributed by atoms with van der Waals surface area (Å²) in [6, 6.07) is 22.2. The van der Waals surface area contributed by atoms with Crippen molar-refractivity contribution in [1.82, 2.24) is 5.32 Å². The van der Waals surface area contributed by atoms with Gasteiger partial charge in [0.2, 0.25) is 5.91 Å². The highest BCUT2D eigenvalue weighted by molar-refractivity contribution is 6.31. The molecule has 45 heavy (non-hydrogen) atoms. The summed E-state index contributed by atoms with van der Waals surface area (Å²) in [7, 11) is 0. The number of benzene rings is 3. The van der Waals surface area contributed by atoms with E-state index in [1.54, 1.807) is 45.0 Å². The van der Waals surface area contributed by atoms with Crippen LogP contribution in [-0.4, -0.2) is 65.7 Å². The number of rotatable bonds is 9. The Morgan fingerprint density at radius 2 is 1.27 bits per heavy atom. The molecule has 11 heteroatoms. The third-order valence-electron chi connectivity index (χ3n) is 5.71. The fourth-order valence-electron chi connectivity index (χ4n) is 3.41. The number of hydrogen-bond acceptors (Lipinski definition) is 7. The molecule has 0 bridgehead atoms. The minimum absolute atomic E-state index is 0.0989. The highest BCUT2D eigenvalue weighted by atomic mass is 35.5. The van der Waals surface area contributed by atoms with Crippen LogP contribution in [0.5, 0.6) is 0 Å². The van der Waals surface area contributed by atoms with Crippen LogP contribution in [0.2, 0.25) is 15.1 Å². The second kappa shape index (κ2) is 22.5. The summed E-state index contributed by atoms with van der Waals surface area (Å²) in [4.78, 5) is 26.3. The lowest BCUT2D eigenvalue weighted by molar-refractivity contribution is -0.121. The first kappa shape index (κ1) is 40.0. The van der Waals surface area contributed by atoms with Crippen LogP contribution < -0.4 is 11.1 Å². The van der Waals surface area contributed by atoms with Crippen molar-refractivity contribution < 1.29 is 24.5 Å². The Labute approximate surface area is 281 Å². The first-order valence-corrected chi connectivity index (χ1v) is 15.7. The maximum atomic E-state index is 11.3. The monoisotopic (exact) mass is 679 g/mol. The molecule has 0 radical (unpaired) electrons. The van der Waals surface area contributed by atoms with Gasteiger partial charge in [0.25, 0.3) is 0 Å². The van der Waals surface area contributed by atoms with Crippen molar-refractivity contribution in [2.75, 3.05) is 19.6 Å². The van der Waals surface area contributed by atoms with Crippen molar-refractivity contribution in [3.05, 3.63) is 105 Å². The highest BCUT2D eigenvalue weighted by Gasteiger charge is 2.14. The number of aliphatic hydroxyl groups is 2. The summed E-state index contributed by atoms with van der Waals surface area (Å²) < 4.78 is 5.51. The smallest absolute Gasteiger partial charge is 0.224 e. The molecule has 0 saturated carbocycles. The van der Waals surface area contributed by atoms with Gasteiger partial charge in [0.1, 0.15) is 11.9 Å². The van der Waals surface area contributed by atoms with Crippen molar-refractivity contribution in [3.63, 3.8) is 0 Å². The number of nitrogens with zero attached hydrogens (tertiary/aromatic N) is 1. The van der Waals surface area contributed by atoms with Gasteiger partial charge in [0, 0.05) is 41.0 Å². The molecule has 1 aliphatic rings. The van der Waals surface area contributed by atoms with E-state index in [1.165, 1.54) is 5.56 Å². The molecule has 1 heterocycles. The van der Waals surface area contributed by atoms with Gasteiger partial charge < -0.3 is 26.0 Å². The minimum atomic E-state index is -0.515. The predicted octanol–water partition coefficient (Wildman–Crippen LogP) is 5.88. The Morgan fingerprint density at radius 1 is 0.844 bits per heavy atom. The number of carbonyl (C=O) groups excluding carboxylic acids is 2. The fourth-order valence-corrected chi connectivity index (χ4v) is 3.79. The number of nitrogens with one attached hydrogen (secondary N) is 1. The molecule has 0 aliphatic carbocycles. The Bertz CT molecular complexity index is 1300. The molecule has 246 valence electrons. The molecule has 0 fully saturated rings. The standard InChI is InChI=1S/C11H14ClNO2.C11H12ClNO.C9H9ClO.C3H9NO/c1-8(14)7-13-11(15)6-9-2-4-10(12)5-3-9;1-8-7-13-11(14-8)6-9-2-4-10(12)5-3-9;1-7(11)6-8-2-4-9(10)5-3-8;1-3(5)2-4/h2-5,8,14H,6-7H2,1H3,(H,13,15);2-5,8H,6-7H2,1H3;2-5H,6H2,1H3;3,5H,2,4H2,1H3. The lowest BCUT2D eigenvalue weighted by atomic mass is 10.1. The van der Waals surface area contributed by atoms with Gasteiger partial charge in [-0.3, -0.25) is 14.6 Å². The van der Waals surface area contributed by atoms with Crippen molar-refractivity contribution in [2.45, 2.75) is 65.3 Å². The van der Waals surface area contributed by atoms with Gasteiger partial charge in [-0.25, -0.2) is 0 Å². The van der Waals surface area contributed by atoms with Gasteiger partial charge in [-0.1, -0.05) is 71.2 Å². The number of aliphatic hydroxyl groups excluding tert-OH is 2. The zero-order valence-electron chi connectivity index (χ0n) is 26.2. The van der Waals surface area contributed by atoms with E-state index in [-0.39, 0.29) is 30.4 Å². The van der Waals surface area contributed by atoms with E-state index >= 15 is 0 Å². The van der Waals surface area contributed by atoms with Gasteiger partial charge in [0.15, 0.2) is 5.90 Å². The number of Topliss-reactive ketones (excluding diaryl/α,β-unsaturated/α-hetero) is 1. The average molecular weight is 681 g/mol. The number of halogens is 3. The van der Waals surface area contributed by atoms with Gasteiger partial charge in [-0.2, -0.15) is 0 Å². The van der Waals surface area contributed by atoms with E-state index in [9.17, 15) is 9.59 Å². The van der Waals surface area contributed by atoms with Crippen LogP contribution in [0, 0.1) is 0 Å². The number of ketones is 1. The summed E-state index contributed by atoms with van der Waals surface area (Å²) in [5.41, 5.74) is 8.02. The van der Waals surface area contributed by atoms with Crippen LogP contribution >= 0.6 is 34.8 Å². The summed E-state index contributed by atoms with van der Waals surface area (Å²) >= 11 is 17.2. The molecule has 0 aromatic heterocycles. The van der Waals surface area contributed by atoms with E-state index in [2.05, 4.69) is 10.3 Å². The van der Waals surface area contributed by atoms with Gasteiger partial charge in [0.05, 0.1) is 25.2 Å². The van der Waals surface area contributed by atoms with Crippen LogP contribution in [-0.2, 0) is 33.6 Å². The molecular formula is C34H44Cl3N3O5. The van der Waals surface area contributed by atoms with E-state index in [4.69, 9.17) is 55.5 Å². The Hall–Kier alpha value is -2.98. The largest absolute Gasteiger partial charge is 0.476 e. The molecule has 3 aromatic rings. The SMILES string of the molecule is CC(=O)Cc1ccc(Cl)cc1.CC(O)CN.CC(O)CNC(=O)Cc1ccc(Cl)cc1.CC1CN=C(Cc2ccc(Cl)cc2)O1. The predicted molar refractivity (Wildman–Crippen MR) is 184 cm³/mol. The summed E-state index contributed by atoms with van der Waals surface area (Å²) in [5, 5.41) is 22.0. The molecule has 0 spiro atoms. The molecule has 8 nitrogen and oxygen atoms in total. The maximum Gasteiger partial charge on any atom is 0.224 e. The molecule has 3 atom stereocenters. The van der Waals surface area contributed by atoms with E-state index in [0.29, 0.717) is 29.4 Å². The highest BCUT2D eigenvalue weighted by Crippen LogP contribution is 2.13. The van der Waals surface area contributed by atoms with Crippen LogP contribution in [0.4, 0.5) is 0 Å². The summed E-state index contributed by atoms with van der Waals surface area (Å²) in [5.74, 6) is 0.908. The van der Waals surface area contributed by atoms with Crippen molar-refractivity contribution in [2.24, 2.45) is 10.7 Å². The number of aliphatic imine (C=N–C) groups is 1. The Kier molecular flexibility index (Phi) is 20.0. The van der Waals surface area contributed by atoms with Crippen molar-refractivity contribution in [3.8, 4) is 0 Å². The van der Waals surface area contributed by atoms with Gasteiger partial charge in [-0.15, -0.1) is 0 Å². The first-order valence-electron chi connectivity index (χ1n) is 14.5. The number of nitrogens with two attached hydrogens (primary N) is 1. The molecule has 1 aliphatic heterocycles. The van der Waals surface area contributed by atoms with E-state index in [0.717, 1.165) is 35.0 Å². The van der Waals surface area contributed by atoms with Gasteiger partial charge in [-0.05, 0) is 80.8 Å². The number of amides is 1. The Balaban J connectivity index is 0.000000317. The van der Waals surface area contributed by atoms with Crippen molar-refractivity contribution >= 4 is 52.4 Å². The lowest BCUT2D eigenvalue weighted by Gasteiger charge is -2.06. The fraction of sp³-hybridized carbons (Fsp3) is 0.382. The van der Waals surface area contributed by atoms with Crippen molar-refractivity contribution in [1.29, 1.82) is 0 Å². The molecule has 5 N–H and O–H groups in total. The topological polar surface area (TPSA) is 134 Å².